The van der Waals surface area contributed by atoms with Crippen molar-refractivity contribution in [2.45, 2.75) is 26.8 Å². The molecule has 0 saturated carbocycles. The first-order valence-electron chi connectivity index (χ1n) is 7.06. The summed E-state index contributed by atoms with van der Waals surface area (Å²) >= 11 is 0. The van der Waals surface area contributed by atoms with Crippen molar-refractivity contribution in [3.63, 3.8) is 0 Å². The Kier molecular flexibility index (Phi) is 4.68. The Morgan fingerprint density at radius 2 is 1.71 bits per heavy atom. The van der Waals surface area contributed by atoms with Crippen molar-refractivity contribution in [1.29, 1.82) is 0 Å². The number of carbonyl (C=O) groups excluding carboxylic acids is 3. The summed E-state index contributed by atoms with van der Waals surface area (Å²) < 4.78 is 9.92. The van der Waals surface area contributed by atoms with Gasteiger partial charge in [-0.3, -0.25) is 14.7 Å². The van der Waals surface area contributed by atoms with E-state index in [4.69, 9.17) is 9.47 Å². The van der Waals surface area contributed by atoms with Gasteiger partial charge in [0.15, 0.2) is 0 Å². The smallest absolute Gasteiger partial charge is 0.415 e. The maximum atomic E-state index is 12.6. The molecule has 0 fully saturated rings. The van der Waals surface area contributed by atoms with E-state index >= 15 is 0 Å². The van der Waals surface area contributed by atoms with Gasteiger partial charge in [-0.2, -0.15) is 0 Å². The van der Waals surface area contributed by atoms with Gasteiger partial charge in [-0.25, -0.2) is 14.5 Å². The van der Waals surface area contributed by atoms with Gasteiger partial charge in [0.05, 0.1) is 29.1 Å². The van der Waals surface area contributed by atoms with Crippen LogP contribution in [-0.2, 0) is 14.3 Å². The average molecular weight is 331 g/mol. The maximum absolute atomic E-state index is 12.6. The molecule has 1 aliphatic heterocycles. The number of rotatable bonds is 2. The lowest BCUT2D eigenvalue weighted by Gasteiger charge is -2.37. The Balaban J connectivity index is 2.51. The van der Waals surface area contributed by atoms with E-state index in [0.29, 0.717) is 5.69 Å². The number of allylic oxidation sites excluding steroid dienone is 2. The summed E-state index contributed by atoms with van der Waals surface area (Å²) in [4.78, 5) is 43.0. The van der Waals surface area contributed by atoms with E-state index in [1.165, 1.54) is 39.2 Å². The van der Waals surface area contributed by atoms with E-state index in [2.05, 4.69) is 18.1 Å². The molecule has 24 heavy (non-hydrogen) atoms. The lowest BCUT2D eigenvalue weighted by atomic mass is 10.1. The molecular weight excluding hydrogens is 314 g/mol. The summed E-state index contributed by atoms with van der Waals surface area (Å²) in [7, 11) is 0. The first kappa shape index (κ1) is 17.2. The number of anilines is 2. The highest BCUT2D eigenvalue weighted by atomic mass is 16.6. The maximum Gasteiger partial charge on any atom is 0.426 e. The molecule has 0 saturated heterocycles. The van der Waals surface area contributed by atoms with Crippen LogP contribution in [-0.4, -0.2) is 29.1 Å². The second kappa shape index (κ2) is 6.53. The largest absolute Gasteiger partial charge is 0.426 e. The minimum atomic E-state index is -0.982. The lowest BCUT2D eigenvalue weighted by molar-refractivity contribution is -0.119. The molecule has 1 aromatic heterocycles. The molecule has 3 amide bonds. The fraction of sp³-hybridized carbons (Fsp3) is 0.250. The van der Waals surface area contributed by atoms with Crippen molar-refractivity contribution in [2.75, 3.05) is 9.80 Å². The van der Waals surface area contributed by atoms with E-state index in [9.17, 15) is 14.4 Å². The topological polar surface area (TPSA) is 89.0 Å². The normalized spacial score (nSPS) is 16.3. The molecule has 0 spiro atoms. The number of imide groups is 1. The first-order valence-corrected chi connectivity index (χ1v) is 7.06. The van der Waals surface area contributed by atoms with E-state index in [1.54, 1.807) is 0 Å². The Morgan fingerprint density at radius 3 is 2.29 bits per heavy atom. The Labute approximate surface area is 139 Å². The van der Waals surface area contributed by atoms with E-state index in [0.717, 1.165) is 9.80 Å². The summed E-state index contributed by atoms with van der Waals surface area (Å²) in [5.74, 6) is -0.338. The monoisotopic (exact) mass is 331 g/mol. The molecule has 1 aliphatic rings. The van der Waals surface area contributed by atoms with Gasteiger partial charge in [0.25, 0.3) is 5.91 Å². The zero-order valence-corrected chi connectivity index (χ0v) is 13.6. The lowest BCUT2D eigenvalue weighted by Crippen LogP contribution is -2.56. The molecule has 1 unspecified atom stereocenters. The molecule has 2 heterocycles. The summed E-state index contributed by atoms with van der Waals surface area (Å²) in [6.07, 6.45) is 1.04. The quantitative estimate of drug-likeness (QED) is 0.774. The molecule has 1 atom stereocenters. The highest BCUT2D eigenvalue weighted by Crippen LogP contribution is 2.36. The van der Waals surface area contributed by atoms with E-state index in [-0.39, 0.29) is 17.2 Å². The van der Waals surface area contributed by atoms with Crippen LogP contribution >= 0.6 is 0 Å². The van der Waals surface area contributed by atoms with Gasteiger partial charge in [0.2, 0.25) is 0 Å². The van der Waals surface area contributed by atoms with Crippen molar-refractivity contribution in [2.24, 2.45) is 0 Å². The number of pyridine rings is 1. The standard InChI is InChI=1S/C16H17N3O5/c1-9(2)23-15(21)18-11(5)14(20)19(16(22)24-10(3)4)13-8-17-7-6-12(13)18/h6-8,11H,1,3H2,2,4-5H3. The van der Waals surface area contributed by atoms with Crippen molar-refractivity contribution in [1.82, 2.24) is 4.98 Å². The third-order valence-corrected chi connectivity index (χ3v) is 3.15. The predicted molar refractivity (Wildman–Crippen MR) is 86.3 cm³/mol. The molecular formula is C16H17N3O5. The van der Waals surface area contributed by atoms with Crippen LogP contribution in [0.3, 0.4) is 0 Å². The van der Waals surface area contributed by atoms with Crippen LogP contribution in [0, 0.1) is 0 Å². The number of nitrogens with zero attached hydrogens (tertiary/aromatic N) is 3. The molecule has 8 heteroatoms. The minimum Gasteiger partial charge on any atom is -0.415 e. The van der Waals surface area contributed by atoms with E-state index < -0.39 is 24.1 Å². The van der Waals surface area contributed by atoms with E-state index in [1.807, 2.05) is 0 Å². The molecule has 0 N–H and O–H groups in total. The second-order valence-corrected chi connectivity index (χ2v) is 5.22. The molecule has 2 rings (SSSR count). The van der Waals surface area contributed by atoms with Gasteiger partial charge in [-0.1, -0.05) is 13.2 Å². The summed E-state index contributed by atoms with van der Waals surface area (Å²) in [6, 6.07) is 0.517. The van der Waals surface area contributed by atoms with Crippen molar-refractivity contribution in [3.8, 4) is 0 Å². The van der Waals surface area contributed by atoms with Crippen molar-refractivity contribution < 1.29 is 23.9 Å². The van der Waals surface area contributed by atoms with Crippen LogP contribution in [0.2, 0.25) is 0 Å². The second-order valence-electron chi connectivity index (χ2n) is 5.22. The summed E-state index contributed by atoms with van der Waals surface area (Å²) in [6.45, 7) is 11.5. The Bertz CT molecular complexity index is 743. The molecule has 8 nitrogen and oxygen atoms in total. The summed E-state index contributed by atoms with van der Waals surface area (Å²) in [5.41, 5.74) is 0.410. The van der Waals surface area contributed by atoms with Gasteiger partial charge >= 0.3 is 12.2 Å². The van der Waals surface area contributed by atoms with Crippen LogP contribution in [0.15, 0.2) is 43.1 Å². The Morgan fingerprint density at radius 1 is 1.12 bits per heavy atom. The molecule has 0 radical (unpaired) electrons. The van der Waals surface area contributed by atoms with Crippen LogP contribution in [0.25, 0.3) is 0 Å². The fourth-order valence-electron chi connectivity index (χ4n) is 2.22. The summed E-state index contributed by atoms with van der Waals surface area (Å²) in [5, 5.41) is 0. The number of aromatic nitrogens is 1. The number of fused-ring (bicyclic) bond motifs is 1. The van der Waals surface area contributed by atoms with Crippen LogP contribution in [0.4, 0.5) is 21.0 Å². The number of amides is 3. The minimum absolute atomic E-state index is 0.116. The third kappa shape index (κ3) is 3.12. The highest BCUT2D eigenvalue weighted by Gasteiger charge is 2.43. The molecule has 126 valence electrons. The van der Waals surface area contributed by atoms with Crippen molar-refractivity contribution >= 4 is 29.5 Å². The average Bonchev–Trinajstić information content (AvgIpc) is 2.46. The zero-order valence-electron chi connectivity index (χ0n) is 13.6. The van der Waals surface area contributed by atoms with Gasteiger partial charge in [-0.05, 0) is 26.8 Å². The van der Waals surface area contributed by atoms with Gasteiger partial charge < -0.3 is 9.47 Å². The number of carbonyl (C=O) groups is 3. The van der Waals surface area contributed by atoms with Gasteiger partial charge in [-0.15, -0.1) is 0 Å². The molecule has 1 aromatic rings. The van der Waals surface area contributed by atoms with Crippen molar-refractivity contribution in [3.05, 3.63) is 43.1 Å². The third-order valence-electron chi connectivity index (χ3n) is 3.15. The van der Waals surface area contributed by atoms with Gasteiger partial charge in [0.1, 0.15) is 6.04 Å². The number of hydrogen-bond donors (Lipinski definition) is 0. The molecule has 0 aliphatic carbocycles. The number of ether oxygens (including phenoxy) is 2. The SMILES string of the molecule is C=C(C)OC(=O)N1C(=O)C(C)N(C(=O)OC(=C)C)c2ccncc21. The van der Waals surface area contributed by atoms with Crippen LogP contribution < -0.4 is 9.80 Å². The first-order chi connectivity index (χ1) is 11.2. The highest BCUT2D eigenvalue weighted by molar-refractivity contribution is 6.21. The number of hydrogen-bond acceptors (Lipinski definition) is 6. The van der Waals surface area contributed by atoms with Gasteiger partial charge in [0, 0.05) is 6.20 Å². The predicted octanol–water partition coefficient (Wildman–Crippen LogP) is 2.96. The zero-order chi connectivity index (χ0) is 18.0. The Hall–Kier alpha value is -3.16. The fourth-order valence-corrected chi connectivity index (χ4v) is 2.22. The molecule has 0 bridgehead atoms. The van der Waals surface area contributed by atoms with Crippen LogP contribution in [0.1, 0.15) is 20.8 Å². The molecule has 0 aromatic carbocycles. The van der Waals surface area contributed by atoms with Crippen LogP contribution in [0.5, 0.6) is 0 Å².